The Labute approximate surface area is 139 Å². The van der Waals surface area contributed by atoms with Gasteiger partial charge in [0.05, 0.1) is 0 Å². The van der Waals surface area contributed by atoms with Crippen molar-refractivity contribution in [3.05, 3.63) is 51.9 Å². The first-order valence-electron chi connectivity index (χ1n) is 7.92. The third-order valence-corrected chi connectivity index (χ3v) is 3.71. The minimum absolute atomic E-state index is 0.198. The summed E-state index contributed by atoms with van der Waals surface area (Å²) >= 11 is 0. The second-order valence-corrected chi connectivity index (χ2v) is 5.50. The van der Waals surface area contributed by atoms with Crippen molar-refractivity contribution in [2.75, 3.05) is 6.79 Å². The highest BCUT2D eigenvalue weighted by Gasteiger charge is 2.14. The summed E-state index contributed by atoms with van der Waals surface area (Å²) in [5.41, 5.74) is 0.925. The molecule has 7 heteroatoms. The first-order valence-corrected chi connectivity index (χ1v) is 7.92. The number of hydrogen-bond donors (Lipinski definition) is 1. The average molecular weight is 329 g/mol. The van der Waals surface area contributed by atoms with Crippen LogP contribution in [0.2, 0.25) is 0 Å². The van der Waals surface area contributed by atoms with E-state index in [0.717, 1.165) is 18.4 Å². The fourth-order valence-electron chi connectivity index (χ4n) is 2.36. The van der Waals surface area contributed by atoms with E-state index in [9.17, 15) is 9.59 Å². The van der Waals surface area contributed by atoms with Crippen LogP contribution in [0, 0.1) is 0 Å². The van der Waals surface area contributed by atoms with Crippen LogP contribution in [0.3, 0.4) is 0 Å². The van der Waals surface area contributed by atoms with Gasteiger partial charge in [-0.1, -0.05) is 19.4 Å². The van der Waals surface area contributed by atoms with Gasteiger partial charge in [-0.2, -0.15) is 5.10 Å². The average Bonchev–Trinajstić information content (AvgIpc) is 3.06. The summed E-state index contributed by atoms with van der Waals surface area (Å²) < 4.78 is 11.9. The molecule has 1 amide bonds. The fraction of sp³-hybridized carbons (Fsp3) is 0.353. The van der Waals surface area contributed by atoms with Gasteiger partial charge in [-0.3, -0.25) is 9.59 Å². The van der Waals surface area contributed by atoms with Gasteiger partial charge in [0.15, 0.2) is 11.5 Å². The normalized spacial score (nSPS) is 12.2. The molecule has 2 heterocycles. The number of aromatic nitrogens is 2. The molecule has 0 bridgehead atoms. The Hall–Kier alpha value is -2.83. The van der Waals surface area contributed by atoms with Crippen LogP contribution >= 0.6 is 0 Å². The molecular formula is C17H19N3O4. The Kier molecular flexibility index (Phi) is 4.79. The molecule has 0 fully saturated rings. The fourth-order valence-corrected chi connectivity index (χ4v) is 2.36. The standard InChI is InChI=1S/C17H19N3O4/c1-2-3-8-20-16(21)7-5-13(19-20)17(22)18-10-12-4-6-14-15(9-12)24-11-23-14/h4-7,9H,2-3,8,10-11H2,1H3,(H,18,22). The van der Waals surface area contributed by atoms with E-state index in [4.69, 9.17) is 9.47 Å². The quantitative estimate of drug-likeness (QED) is 0.872. The van der Waals surface area contributed by atoms with Crippen LogP contribution in [-0.2, 0) is 13.1 Å². The van der Waals surface area contributed by atoms with Crippen molar-refractivity contribution < 1.29 is 14.3 Å². The number of carbonyl (C=O) groups is 1. The van der Waals surface area contributed by atoms with Crippen molar-refractivity contribution in [3.63, 3.8) is 0 Å². The van der Waals surface area contributed by atoms with Gasteiger partial charge in [-0.25, -0.2) is 4.68 Å². The molecule has 0 aliphatic carbocycles. The van der Waals surface area contributed by atoms with Crippen molar-refractivity contribution in [1.29, 1.82) is 0 Å². The summed E-state index contributed by atoms with van der Waals surface area (Å²) in [7, 11) is 0. The molecule has 0 radical (unpaired) electrons. The van der Waals surface area contributed by atoms with Crippen molar-refractivity contribution in [2.45, 2.75) is 32.9 Å². The summed E-state index contributed by atoms with van der Waals surface area (Å²) in [5.74, 6) is 1.06. The SMILES string of the molecule is CCCCn1nc(C(=O)NCc2ccc3c(c2)OCO3)ccc1=O. The first-order chi connectivity index (χ1) is 11.7. The molecule has 0 saturated heterocycles. The minimum atomic E-state index is -0.321. The van der Waals surface area contributed by atoms with E-state index in [0.29, 0.717) is 24.6 Å². The van der Waals surface area contributed by atoms with Crippen molar-refractivity contribution >= 4 is 5.91 Å². The van der Waals surface area contributed by atoms with Gasteiger partial charge in [0.2, 0.25) is 6.79 Å². The number of fused-ring (bicyclic) bond motifs is 1. The number of amides is 1. The number of unbranched alkanes of at least 4 members (excludes halogenated alkanes) is 1. The van der Waals surface area contributed by atoms with Gasteiger partial charge in [0, 0.05) is 19.2 Å². The lowest BCUT2D eigenvalue weighted by Gasteiger charge is -2.08. The molecule has 1 aliphatic heterocycles. The van der Waals surface area contributed by atoms with Crippen molar-refractivity contribution in [1.82, 2.24) is 15.1 Å². The molecule has 0 saturated carbocycles. The van der Waals surface area contributed by atoms with Gasteiger partial charge < -0.3 is 14.8 Å². The maximum atomic E-state index is 12.2. The highest BCUT2D eigenvalue weighted by Crippen LogP contribution is 2.32. The summed E-state index contributed by atoms with van der Waals surface area (Å²) in [5, 5.41) is 6.92. The van der Waals surface area contributed by atoms with Crippen molar-refractivity contribution in [3.8, 4) is 11.5 Å². The van der Waals surface area contributed by atoms with Gasteiger partial charge in [-0.05, 0) is 30.2 Å². The highest BCUT2D eigenvalue weighted by atomic mass is 16.7. The first kappa shape index (κ1) is 16.0. The Balaban J connectivity index is 1.65. The lowest BCUT2D eigenvalue weighted by Crippen LogP contribution is -2.29. The van der Waals surface area contributed by atoms with Crippen LogP contribution in [0.5, 0.6) is 11.5 Å². The number of nitrogens with zero attached hydrogens (tertiary/aromatic N) is 2. The largest absolute Gasteiger partial charge is 0.454 e. The third-order valence-electron chi connectivity index (χ3n) is 3.71. The molecule has 1 N–H and O–H groups in total. The second kappa shape index (κ2) is 7.16. The van der Waals surface area contributed by atoms with Crippen LogP contribution in [-0.4, -0.2) is 22.5 Å². The molecule has 1 aromatic carbocycles. The zero-order valence-electron chi connectivity index (χ0n) is 13.4. The number of hydrogen-bond acceptors (Lipinski definition) is 5. The maximum absolute atomic E-state index is 12.2. The molecule has 126 valence electrons. The molecule has 1 aromatic heterocycles. The topological polar surface area (TPSA) is 82.5 Å². The lowest BCUT2D eigenvalue weighted by atomic mass is 10.2. The van der Waals surface area contributed by atoms with E-state index in [2.05, 4.69) is 10.4 Å². The lowest BCUT2D eigenvalue weighted by molar-refractivity contribution is 0.0943. The van der Waals surface area contributed by atoms with Crippen LogP contribution < -0.4 is 20.3 Å². The van der Waals surface area contributed by atoms with E-state index in [1.165, 1.54) is 16.8 Å². The van der Waals surface area contributed by atoms with Crippen LogP contribution in [0.25, 0.3) is 0 Å². The van der Waals surface area contributed by atoms with Gasteiger partial charge in [-0.15, -0.1) is 0 Å². The van der Waals surface area contributed by atoms with Gasteiger partial charge in [0.25, 0.3) is 11.5 Å². The summed E-state index contributed by atoms with van der Waals surface area (Å²) in [6.45, 7) is 3.10. The maximum Gasteiger partial charge on any atom is 0.271 e. The zero-order chi connectivity index (χ0) is 16.9. The number of benzene rings is 1. The highest BCUT2D eigenvalue weighted by molar-refractivity contribution is 5.91. The van der Waals surface area contributed by atoms with Crippen LogP contribution in [0.1, 0.15) is 35.8 Å². The summed E-state index contributed by atoms with van der Waals surface area (Å²) in [6, 6.07) is 8.33. The molecule has 0 spiro atoms. The number of rotatable bonds is 6. The van der Waals surface area contributed by atoms with Crippen LogP contribution in [0.15, 0.2) is 35.1 Å². The van der Waals surface area contributed by atoms with E-state index >= 15 is 0 Å². The molecule has 3 rings (SSSR count). The molecule has 24 heavy (non-hydrogen) atoms. The predicted octanol–water partition coefficient (Wildman–Crippen LogP) is 1.70. The Morgan fingerprint density at radius 3 is 2.92 bits per heavy atom. The van der Waals surface area contributed by atoms with Gasteiger partial charge in [0.1, 0.15) is 5.69 Å². The Morgan fingerprint density at radius 2 is 2.08 bits per heavy atom. The van der Waals surface area contributed by atoms with Crippen LogP contribution in [0.4, 0.5) is 0 Å². The summed E-state index contributed by atoms with van der Waals surface area (Å²) in [6.07, 6.45) is 1.80. The molecule has 0 unspecified atom stereocenters. The second-order valence-electron chi connectivity index (χ2n) is 5.50. The van der Waals surface area contributed by atoms with E-state index in [1.807, 2.05) is 25.1 Å². The minimum Gasteiger partial charge on any atom is -0.454 e. The number of carbonyl (C=O) groups excluding carboxylic acids is 1. The predicted molar refractivity (Wildman–Crippen MR) is 87.1 cm³/mol. The monoisotopic (exact) mass is 329 g/mol. The number of nitrogens with one attached hydrogen (secondary N) is 1. The molecule has 0 atom stereocenters. The molecular weight excluding hydrogens is 310 g/mol. The van der Waals surface area contributed by atoms with E-state index in [1.54, 1.807) is 0 Å². The Morgan fingerprint density at radius 1 is 1.25 bits per heavy atom. The third kappa shape index (κ3) is 3.56. The zero-order valence-corrected chi connectivity index (χ0v) is 13.4. The molecule has 1 aliphatic rings. The Bertz CT molecular complexity index is 801. The smallest absolute Gasteiger partial charge is 0.271 e. The van der Waals surface area contributed by atoms with Crippen molar-refractivity contribution in [2.24, 2.45) is 0 Å². The number of ether oxygens (including phenoxy) is 2. The van der Waals surface area contributed by atoms with E-state index < -0.39 is 0 Å². The molecule has 2 aromatic rings. The molecule has 7 nitrogen and oxygen atoms in total. The van der Waals surface area contributed by atoms with Gasteiger partial charge >= 0.3 is 0 Å². The summed E-state index contributed by atoms with van der Waals surface area (Å²) in [4.78, 5) is 24.0. The number of aryl methyl sites for hydroxylation is 1. The van der Waals surface area contributed by atoms with E-state index in [-0.39, 0.29) is 24.0 Å².